The summed E-state index contributed by atoms with van der Waals surface area (Å²) in [4.78, 5) is 0. The van der Waals surface area contributed by atoms with Crippen LogP contribution in [0.4, 0.5) is 0 Å². The molecular formula is C6H5Cl2Cm-3. The van der Waals surface area contributed by atoms with Crippen molar-refractivity contribution >= 4 is 0 Å². The summed E-state index contributed by atoms with van der Waals surface area (Å²) >= 11 is 0. The number of benzene rings is 1. The zero-order chi connectivity index (χ0) is 4.24. The number of hydrogen-bond acceptors (Lipinski definition) is 0. The fourth-order valence-corrected chi connectivity index (χ4v) is 0.342. The number of halogens is 2. The summed E-state index contributed by atoms with van der Waals surface area (Å²) in [5.74, 6) is 0. The molecule has 0 nitrogen and oxygen atoms in total. The maximum absolute atomic E-state index is 2.89. The zero-order valence-corrected chi connectivity index (χ0v) is 8.95. The van der Waals surface area contributed by atoms with Gasteiger partial charge in [-0.1, -0.05) is 0 Å². The minimum absolute atomic E-state index is 0. The van der Waals surface area contributed by atoms with Crippen LogP contribution in [-0.4, -0.2) is 0 Å². The van der Waals surface area contributed by atoms with Gasteiger partial charge in [0.15, 0.2) is 0 Å². The minimum atomic E-state index is 0. The van der Waals surface area contributed by atoms with Crippen LogP contribution in [0.5, 0.6) is 0 Å². The first-order chi connectivity index (χ1) is 3.00. The van der Waals surface area contributed by atoms with Gasteiger partial charge in [-0.15, -0.1) is 0 Å². The molecule has 0 saturated heterocycles. The Hall–Kier alpha value is -1.20. The van der Waals surface area contributed by atoms with Crippen LogP contribution in [0.25, 0.3) is 0 Å². The van der Waals surface area contributed by atoms with Crippen molar-refractivity contribution in [3.63, 3.8) is 0 Å². The molecule has 0 unspecified atom stereocenters. The van der Waals surface area contributed by atoms with E-state index >= 15 is 0 Å². The molecule has 0 aliphatic carbocycles. The van der Waals surface area contributed by atoms with Gasteiger partial charge in [-0.2, -0.15) is 36.4 Å². The molecule has 0 heterocycles. The van der Waals surface area contributed by atoms with E-state index in [0.717, 1.165) is 0 Å². The Morgan fingerprint density at radius 3 is 1.33 bits per heavy atom. The SMILES string of the molecule is [Cl-].[Cl-].[Cm].[c-]1ccccc1. The van der Waals surface area contributed by atoms with E-state index in [-0.39, 0.29) is 24.8 Å². The van der Waals surface area contributed by atoms with Crippen LogP contribution in [0, 0.1) is 6.07 Å². The average Bonchev–Trinajstić information content (AvgIpc) is 1.72. The van der Waals surface area contributed by atoms with Gasteiger partial charge in [0, 0.05) is 0 Å². The monoisotopic (exact) mass is 390 g/mol. The maximum atomic E-state index is 2.89. The Labute approximate surface area is 61.7 Å². The first-order valence-corrected chi connectivity index (χ1v) is 1.91. The third-order valence-corrected chi connectivity index (χ3v) is 0.607. The molecule has 0 fully saturated rings. The molecule has 0 bridgehead atoms. The van der Waals surface area contributed by atoms with Gasteiger partial charge in [0.05, 0.1) is 0 Å². The van der Waals surface area contributed by atoms with E-state index in [2.05, 4.69) is 6.07 Å². The van der Waals surface area contributed by atoms with Crippen LogP contribution < -0.4 is 24.8 Å². The molecule has 3 heteroatoms. The van der Waals surface area contributed by atoms with Crippen molar-refractivity contribution in [2.24, 2.45) is 0 Å². The van der Waals surface area contributed by atoms with Gasteiger partial charge >= 0.3 is 0 Å². The van der Waals surface area contributed by atoms with Crippen molar-refractivity contribution in [1.29, 1.82) is 0 Å². The summed E-state index contributed by atoms with van der Waals surface area (Å²) in [5, 5.41) is 0. The van der Waals surface area contributed by atoms with Crippen molar-refractivity contribution in [1.82, 2.24) is 0 Å². The smallest absolute Gasteiger partial charge is 0 e. The molecule has 0 aliphatic rings. The number of rotatable bonds is 0. The molecule has 1 rings (SSSR count). The van der Waals surface area contributed by atoms with Crippen molar-refractivity contribution in [3.8, 4) is 0 Å². The Morgan fingerprint density at radius 2 is 1.22 bits per heavy atom. The van der Waals surface area contributed by atoms with Gasteiger partial charge in [-0.05, 0) is 0 Å². The number of hydrogen-bond donors (Lipinski definition) is 0. The topological polar surface area (TPSA) is 0 Å². The minimum Gasteiger partial charge on any atom is -1.00 e. The summed E-state index contributed by atoms with van der Waals surface area (Å²) in [6, 6.07) is 12.5. The third kappa shape index (κ3) is 6.80. The summed E-state index contributed by atoms with van der Waals surface area (Å²) in [7, 11) is 0. The first-order valence-electron chi connectivity index (χ1n) is 1.91. The van der Waals surface area contributed by atoms with Crippen LogP contribution >= 0.6 is 0 Å². The molecule has 54 valence electrons. The summed E-state index contributed by atoms with van der Waals surface area (Å²) in [6.07, 6.45) is 0. The van der Waals surface area contributed by atoms with Crippen LogP contribution in [-0.2, 0) is 0 Å². The van der Waals surface area contributed by atoms with E-state index in [1.165, 1.54) is 0 Å². The van der Waals surface area contributed by atoms with E-state index in [4.69, 9.17) is 0 Å². The van der Waals surface area contributed by atoms with Crippen LogP contribution in [0.2, 0.25) is 0 Å². The van der Waals surface area contributed by atoms with Crippen molar-refractivity contribution in [3.05, 3.63) is 36.4 Å². The standard InChI is InChI=1S/C6H5.2ClH.Cm/c1-2-4-6-5-3-1;;;/h1-5H;2*1H;/q-1;;;/p-2. The van der Waals surface area contributed by atoms with E-state index in [1.54, 1.807) is 0 Å². The maximum Gasteiger partial charge on any atom is 0 e. The van der Waals surface area contributed by atoms with E-state index in [0.29, 0.717) is 0 Å². The molecule has 0 saturated carbocycles. The summed E-state index contributed by atoms with van der Waals surface area (Å²) in [6.45, 7) is 0. The van der Waals surface area contributed by atoms with Crippen LogP contribution in [0.3, 0.4) is 0 Å². The molecule has 1 aromatic rings. The van der Waals surface area contributed by atoms with Crippen molar-refractivity contribution < 1.29 is 24.8 Å². The van der Waals surface area contributed by atoms with Gasteiger partial charge in [-0.25, -0.2) is 0 Å². The molecule has 1 aromatic carbocycles. The molecule has 0 aromatic heterocycles. The fourth-order valence-electron chi connectivity index (χ4n) is 0.342. The molecule has 0 radical (unpaired) electrons. The van der Waals surface area contributed by atoms with Gasteiger partial charge < -0.3 is 24.8 Å². The van der Waals surface area contributed by atoms with Gasteiger partial charge in [0.1, 0.15) is 0 Å². The third-order valence-electron chi connectivity index (χ3n) is 0.607. The summed E-state index contributed by atoms with van der Waals surface area (Å²) in [5.41, 5.74) is 0. The molecule has 0 atom stereocenters. The molecule has 0 N–H and O–H groups in total. The van der Waals surface area contributed by atoms with E-state index < -0.39 is 0 Å². The normalized spacial score (nSPS) is 5.33. The average molecular weight is 395 g/mol. The Kier molecular flexibility index (Phi) is 17.3. The Balaban J connectivity index is -0.000000120. The second kappa shape index (κ2) is 9.93. The molecule has 0 spiro atoms. The Bertz CT molecular complexity index is 83.0. The second-order valence-electron chi connectivity index (χ2n) is 1.08. The largest absolute Gasteiger partial charge is 1.00 e. The molecular weight excluding hydrogens is 390 g/mol. The zero-order valence-electron chi connectivity index (χ0n) is 4.50. The van der Waals surface area contributed by atoms with Gasteiger partial charge in [0.2, 0.25) is 0 Å². The van der Waals surface area contributed by atoms with E-state index in [9.17, 15) is 0 Å². The molecule has 0 amide bonds. The quantitative estimate of drug-likeness (QED) is 0.389. The predicted octanol–water partition coefficient (Wildman–Crippen LogP) is -4.51. The van der Waals surface area contributed by atoms with Crippen LogP contribution in [0.1, 0.15) is 0 Å². The van der Waals surface area contributed by atoms with Crippen LogP contribution in [0.15, 0.2) is 30.3 Å². The summed E-state index contributed by atoms with van der Waals surface area (Å²) < 4.78 is 0. The fraction of sp³-hybridized carbons (Fsp3) is 0. The van der Waals surface area contributed by atoms with Crippen molar-refractivity contribution in [2.45, 2.75) is 0 Å². The van der Waals surface area contributed by atoms with E-state index in [1.807, 2.05) is 30.3 Å². The van der Waals surface area contributed by atoms with Crippen molar-refractivity contribution in [2.75, 3.05) is 0 Å². The van der Waals surface area contributed by atoms with Gasteiger partial charge in [0.25, 0.3) is 0 Å². The first kappa shape index (κ1) is 15.7. The molecule has 9 heavy (non-hydrogen) atoms. The Morgan fingerprint density at radius 1 is 0.778 bits per heavy atom. The van der Waals surface area contributed by atoms with Gasteiger partial charge in [-0.3, -0.25) is 0 Å². The second-order valence-corrected chi connectivity index (χ2v) is 1.08. The molecule has 0 aliphatic heterocycles. The predicted molar refractivity (Wildman–Crippen MR) is 25.3 cm³/mol.